The number of hydrogen-bond donors (Lipinski definition) is 0. The molecule has 3 nitrogen and oxygen atoms in total. The van der Waals surface area contributed by atoms with Crippen LogP contribution in [0, 0.1) is 5.92 Å². The summed E-state index contributed by atoms with van der Waals surface area (Å²) in [6.07, 6.45) is 3.37. The van der Waals surface area contributed by atoms with Crippen LogP contribution in [-0.2, 0) is 24.2 Å². The van der Waals surface area contributed by atoms with Gasteiger partial charge >= 0.3 is 0 Å². The Balaban J connectivity index is 2.23. The fourth-order valence-electron chi connectivity index (χ4n) is 1.90. The quantitative estimate of drug-likeness (QED) is 0.793. The third-order valence-electron chi connectivity index (χ3n) is 3.07. The molecule has 1 aliphatic rings. The van der Waals surface area contributed by atoms with Gasteiger partial charge in [0.25, 0.3) is 0 Å². The van der Waals surface area contributed by atoms with Gasteiger partial charge in [-0.05, 0) is 26.2 Å². The Kier molecular flexibility index (Phi) is 3.33. The maximum atomic E-state index is 11.8. The lowest BCUT2D eigenvalue weighted by Crippen LogP contribution is -2.11. The fourth-order valence-corrected chi connectivity index (χ4v) is 2.24. The van der Waals surface area contributed by atoms with Crippen LogP contribution in [0.2, 0.25) is 5.02 Å². The number of Topliss-reactive ketones (excluding diaryl/α,β-unsaturated/α-hetero) is 1. The van der Waals surface area contributed by atoms with Crippen LogP contribution < -0.4 is 0 Å². The molecule has 0 amide bonds. The van der Waals surface area contributed by atoms with Gasteiger partial charge in [-0.15, -0.1) is 0 Å². The Morgan fingerprint density at radius 1 is 1.50 bits per heavy atom. The van der Waals surface area contributed by atoms with Gasteiger partial charge in [-0.1, -0.05) is 18.5 Å². The molecule has 4 heteroatoms. The number of aryl methyl sites for hydroxylation is 2. The number of ketones is 1. The lowest BCUT2D eigenvalue weighted by molar-refractivity contribution is -0.119. The molecular weight excluding hydrogens is 224 g/mol. The zero-order chi connectivity index (χ0) is 11.7. The van der Waals surface area contributed by atoms with Gasteiger partial charge in [0.15, 0.2) is 0 Å². The molecule has 1 saturated carbocycles. The summed E-state index contributed by atoms with van der Waals surface area (Å²) in [6.45, 7) is 4.82. The predicted octanol–water partition coefficient (Wildman–Crippen LogP) is 2.64. The second kappa shape index (κ2) is 4.58. The number of halogens is 1. The minimum Gasteiger partial charge on any atom is -0.299 e. The molecule has 0 unspecified atom stereocenters. The first-order valence-corrected chi connectivity index (χ1v) is 6.31. The monoisotopic (exact) mass is 240 g/mol. The van der Waals surface area contributed by atoms with Gasteiger partial charge in [0.1, 0.15) is 5.78 Å². The van der Waals surface area contributed by atoms with Gasteiger partial charge in [-0.3, -0.25) is 9.48 Å². The standard InChI is InChI=1S/C12H17ClN2O/c1-3-9-12(13)10(15(4-2)14-9)7-11(16)8-5-6-8/h8H,3-7H2,1-2H3. The SMILES string of the molecule is CCc1nn(CC)c(CC(=O)C2CC2)c1Cl. The van der Waals surface area contributed by atoms with Gasteiger partial charge < -0.3 is 0 Å². The van der Waals surface area contributed by atoms with Crippen LogP contribution in [0.1, 0.15) is 38.1 Å². The molecule has 1 aliphatic carbocycles. The highest BCUT2D eigenvalue weighted by Gasteiger charge is 2.30. The van der Waals surface area contributed by atoms with Crippen LogP contribution >= 0.6 is 11.6 Å². The van der Waals surface area contributed by atoms with E-state index in [4.69, 9.17) is 11.6 Å². The van der Waals surface area contributed by atoms with Crippen molar-refractivity contribution in [1.29, 1.82) is 0 Å². The van der Waals surface area contributed by atoms with Gasteiger partial charge in [0.05, 0.1) is 22.8 Å². The van der Waals surface area contributed by atoms with Crippen LogP contribution in [0.25, 0.3) is 0 Å². The van der Waals surface area contributed by atoms with Crippen molar-refractivity contribution < 1.29 is 4.79 Å². The topological polar surface area (TPSA) is 34.9 Å². The summed E-state index contributed by atoms with van der Waals surface area (Å²) in [6, 6.07) is 0. The van der Waals surface area contributed by atoms with Crippen molar-refractivity contribution >= 4 is 17.4 Å². The largest absolute Gasteiger partial charge is 0.299 e. The number of rotatable bonds is 5. The molecule has 0 atom stereocenters. The highest BCUT2D eigenvalue weighted by atomic mass is 35.5. The third kappa shape index (κ3) is 2.14. The van der Waals surface area contributed by atoms with Gasteiger partial charge in [0.2, 0.25) is 0 Å². The second-order valence-corrected chi connectivity index (χ2v) is 4.67. The zero-order valence-electron chi connectivity index (χ0n) is 9.79. The normalized spacial score (nSPS) is 15.4. The van der Waals surface area contributed by atoms with E-state index in [-0.39, 0.29) is 0 Å². The molecule has 1 aromatic rings. The Morgan fingerprint density at radius 3 is 2.69 bits per heavy atom. The first kappa shape index (κ1) is 11.6. The summed E-state index contributed by atoms with van der Waals surface area (Å²) in [5, 5.41) is 5.10. The van der Waals surface area contributed by atoms with Crippen molar-refractivity contribution in [2.24, 2.45) is 5.92 Å². The maximum absolute atomic E-state index is 11.8. The average Bonchev–Trinajstić information content (AvgIpc) is 3.07. The van der Waals surface area contributed by atoms with Crippen LogP contribution in [0.5, 0.6) is 0 Å². The Labute approximate surface area is 101 Å². The van der Waals surface area contributed by atoms with Crippen molar-refractivity contribution in [1.82, 2.24) is 9.78 Å². The third-order valence-corrected chi connectivity index (χ3v) is 3.50. The summed E-state index contributed by atoms with van der Waals surface area (Å²) in [7, 11) is 0. The summed E-state index contributed by atoms with van der Waals surface area (Å²) in [5.41, 5.74) is 1.81. The van der Waals surface area contributed by atoms with E-state index >= 15 is 0 Å². The Bertz CT molecular complexity index is 407. The lowest BCUT2D eigenvalue weighted by atomic mass is 10.1. The average molecular weight is 241 g/mol. The van der Waals surface area contributed by atoms with Crippen molar-refractivity contribution in [2.45, 2.75) is 46.1 Å². The first-order valence-electron chi connectivity index (χ1n) is 5.94. The van der Waals surface area contributed by atoms with Crippen molar-refractivity contribution in [3.8, 4) is 0 Å². The lowest BCUT2D eigenvalue weighted by Gasteiger charge is -2.03. The van der Waals surface area contributed by atoms with Crippen LogP contribution in [0.15, 0.2) is 0 Å². The van der Waals surface area contributed by atoms with E-state index in [1.807, 2.05) is 18.5 Å². The van der Waals surface area contributed by atoms with E-state index in [0.717, 1.165) is 37.2 Å². The summed E-state index contributed by atoms with van der Waals surface area (Å²) in [4.78, 5) is 11.8. The van der Waals surface area contributed by atoms with E-state index in [1.165, 1.54) is 0 Å². The minimum absolute atomic E-state index is 0.293. The molecule has 1 fully saturated rings. The van der Waals surface area contributed by atoms with Gasteiger partial charge in [-0.25, -0.2) is 0 Å². The maximum Gasteiger partial charge on any atom is 0.141 e. The molecule has 0 aromatic carbocycles. The van der Waals surface area contributed by atoms with E-state index in [9.17, 15) is 4.79 Å². The highest BCUT2D eigenvalue weighted by Crippen LogP contribution is 2.32. The molecule has 0 radical (unpaired) electrons. The van der Waals surface area contributed by atoms with Gasteiger partial charge in [0, 0.05) is 12.5 Å². The molecule has 88 valence electrons. The molecule has 0 bridgehead atoms. The van der Waals surface area contributed by atoms with E-state index in [2.05, 4.69) is 5.10 Å². The smallest absolute Gasteiger partial charge is 0.141 e. The molecule has 0 spiro atoms. The van der Waals surface area contributed by atoms with Crippen molar-refractivity contribution in [2.75, 3.05) is 0 Å². The molecule has 1 heterocycles. The Hall–Kier alpha value is -0.830. The van der Waals surface area contributed by atoms with Gasteiger partial charge in [-0.2, -0.15) is 5.10 Å². The molecule has 2 rings (SSSR count). The van der Waals surface area contributed by atoms with Crippen LogP contribution in [-0.4, -0.2) is 15.6 Å². The number of nitrogens with zero attached hydrogens (tertiary/aromatic N) is 2. The predicted molar refractivity (Wildman–Crippen MR) is 63.7 cm³/mol. The summed E-state index contributed by atoms with van der Waals surface area (Å²) < 4.78 is 1.86. The number of aromatic nitrogens is 2. The molecule has 1 aromatic heterocycles. The Morgan fingerprint density at radius 2 is 2.19 bits per heavy atom. The molecule has 0 N–H and O–H groups in total. The molecule has 0 aliphatic heterocycles. The zero-order valence-corrected chi connectivity index (χ0v) is 10.5. The second-order valence-electron chi connectivity index (χ2n) is 4.29. The van der Waals surface area contributed by atoms with Crippen molar-refractivity contribution in [3.05, 3.63) is 16.4 Å². The summed E-state index contributed by atoms with van der Waals surface area (Å²) in [5.74, 6) is 0.612. The number of carbonyl (C=O) groups is 1. The molecule has 16 heavy (non-hydrogen) atoms. The number of hydrogen-bond acceptors (Lipinski definition) is 2. The van der Waals surface area contributed by atoms with Crippen LogP contribution in [0.3, 0.4) is 0 Å². The number of carbonyl (C=O) groups excluding carboxylic acids is 1. The molecule has 0 saturated heterocycles. The minimum atomic E-state index is 0.293. The van der Waals surface area contributed by atoms with E-state index < -0.39 is 0 Å². The van der Waals surface area contributed by atoms with E-state index in [0.29, 0.717) is 23.1 Å². The highest BCUT2D eigenvalue weighted by molar-refractivity contribution is 6.32. The van der Waals surface area contributed by atoms with Crippen molar-refractivity contribution in [3.63, 3.8) is 0 Å². The first-order chi connectivity index (χ1) is 7.67. The van der Waals surface area contributed by atoms with Crippen LogP contribution in [0.4, 0.5) is 0 Å². The molecular formula is C12H17ClN2O. The summed E-state index contributed by atoms with van der Waals surface area (Å²) >= 11 is 6.24. The van der Waals surface area contributed by atoms with E-state index in [1.54, 1.807) is 0 Å². The fraction of sp³-hybridized carbons (Fsp3) is 0.667.